The molecule has 2 N–H and O–H groups in total. The average Bonchev–Trinajstić information content (AvgIpc) is 2.96. The van der Waals surface area contributed by atoms with E-state index in [9.17, 15) is 4.79 Å². The van der Waals surface area contributed by atoms with Gasteiger partial charge in [-0.3, -0.25) is 4.79 Å². The highest BCUT2D eigenvalue weighted by molar-refractivity contribution is 8.00. The minimum absolute atomic E-state index is 0.0528. The minimum Gasteiger partial charge on any atom is -0.385 e. The van der Waals surface area contributed by atoms with E-state index >= 15 is 0 Å². The highest BCUT2D eigenvalue weighted by Crippen LogP contribution is 2.25. The maximum absolute atomic E-state index is 12.2. The van der Waals surface area contributed by atoms with Crippen molar-refractivity contribution in [3.63, 3.8) is 0 Å². The fraction of sp³-hybridized carbons (Fsp3) is 0.562. The van der Waals surface area contributed by atoms with E-state index in [1.807, 2.05) is 30.8 Å². The highest BCUT2D eigenvalue weighted by atomic mass is 32.2. The molecule has 2 rings (SSSR count). The predicted molar refractivity (Wildman–Crippen MR) is 87.8 cm³/mol. The van der Waals surface area contributed by atoms with E-state index in [0.717, 1.165) is 36.3 Å². The molecule has 110 valence electrons. The molecule has 1 amide bonds. The van der Waals surface area contributed by atoms with E-state index in [1.165, 1.54) is 18.6 Å². The Kier molecular flexibility index (Phi) is 5.77. The molecule has 1 unspecified atom stereocenters. The molecular weight excluding hydrogens is 268 g/mol. The van der Waals surface area contributed by atoms with Gasteiger partial charge in [-0.2, -0.15) is 11.8 Å². The lowest BCUT2D eigenvalue weighted by atomic mass is 10.1. The number of carbonyl (C=O) groups excluding carboxylic acids is 1. The fourth-order valence-electron chi connectivity index (χ4n) is 2.40. The Bertz CT molecular complexity index is 456. The Morgan fingerprint density at radius 3 is 2.95 bits per heavy atom. The van der Waals surface area contributed by atoms with Gasteiger partial charge in [-0.25, -0.2) is 0 Å². The number of anilines is 1. The maximum atomic E-state index is 12.2. The Morgan fingerprint density at radius 1 is 1.45 bits per heavy atom. The molecule has 0 aliphatic carbocycles. The predicted octanol–water partition coefficient (Wildman–Crippen LogP) is 3.44. The number of hydrogen-bond acceptors (Lipinski definition) is 3. The lowest BCUT2D eigenvalue weighted by molar-refractivity contribution is 0.0953. The van der Waals surface area contributed by atoms with E-state index < -0.39 is 0 Å². The van der Waals surface area contributed by atoms with Gasteiger partial charge in [0.25, 0.3) is 5.91 Å². The van der Waals surface area contributed by atoms with Crippen molar-refractivity contribution in [2.75, 3.05) is 24.2 Å². The molecule has 3 nitrogen and oxygen atoms in total. The van der Waals surface area contributed by atoms with Gasteiger partial charge < -0.3 is 10.6 Å². The summed E-state index contributed by atoms with van der Waals surface area (Å²) >= 11 is 1.97. The first kappa shape index (κ1) is 15.2. The summed E-state index contributed by atoms with van der Waals surface area (Å²) in [6.07, 6.45) is 3.60. The molecule has 1 aromatic rings. The van der Waals surface area contributed by atoms with Crippen molar-refractivity contribution in [2.24, 2.45) is 0 Å². The van der Waals surface area contributed by atoms with E-state index in [-0.39, 0.29) is 5.91 Å². The lowest BCUT2D eigenvalue weighted by Gasteiger charge is -2.13. The Balaban J connectivity index is 1.91. The van der Waals surface area contributed by atoms with Gasteiger partial charge in [0.2, 0.25) is 0 Å². The normalized spacial score (nSPS) is 18.0. The first-order valence-corrected chi connectivity index (χ1v) is 8.50. The quantitative estimate of drug-likeness (QED) is 0.844. The van der Waals surface area contributed by atoms with Crippen LogP contribution in [0.25, 0.3) is 0 Å². The molecule has 0 aromatic heterocycles. The Labute approximate surface area is 125 Å². The number of hydrogen-bond donors (Lipinski definition) is 2. The van der Waals surface area contributed by atoms with Crippen LogP contribution in [-0.4, -0.2) is 30.0 Å². The van der Waals surface area contributed by atoms with Gasteiger partial charge >= 0.3 is 0 Å². The summed E-state index contributed by atoms with van der Waals surface area (Å²) in [6, 6.07) is 5.96. The molecule has 0 bridgehead atoms. The third kappa shape index (κ3) is 4.17. The molecule has 0 spiro atoms. The number of benzene rings is 1. The number of rotatable bonds is 6. The molecule has 0 saturated carbocycles. The van der Waals surface area contributed by atoms with Crippen molar-refractivity contribution in [2.45, 2.75) is 38.4 Å². The number of carbonyl (C=O) groups is 1. The van der Waals surface area contributed by atoms with Crippen LogP contribution in [-0.2, 0) is 0 Å². The summed E-state index contributed by atoms with van der Waals surface area (Å²) in [5.74, 6) is 1.29. The third-order valence-corrected chi connectivity index (χ3v) is 4.96. The second-order valence-electron chi connectivity index (χ2n) is 5.30. The molecule has 1 fully saturated rings. The number of nitrogens with one attached hydrogen (secondary N) is 2. The van der Waals surface area contributed by atoms with Gasteiger partial charge in [0.1, 0.15) is 0 Å². The van der Waals surface area contributed by atoms with Crippen LogP contribution < -0.4 is 10.6 Å². The van der Waals surface area contributed by atoms with Crippen LogP contribution in [0.15, 0.2) is 18.2 Å². The Hall–Kier alpha value is -1.16. The first-order valence-electron chi connectivity index (χ1n) is 7.45. The standard InChI is InChI=1S/C16H24N2OS/c1-3-8-17-13-6-7-15(12(2)10-13)16(19)18-11-14-5-4-9-20-14/h6-7,10,14,17H,3-5,8-9,11H2,1-2H3,(H,18,19). The zero-order valence-electron chi connectivity index (χ0n) is 12.4. The number of amides is 1. The SMILES string of the molecule is CCCNc1ccc(C(=O)NCC2CCCS2)c(C)c1. The molecule has 1 saturated heterocycles. The highest BCUT2D eigenvalue weighted by Gasteiger charge is 2.17. The molecule has 1 aliphatic heterocycles. The topological polar surface area (TPSA) is 41.1 Å². The molecular formula is C16H24N2OS. The van der Waals surface area contributed by atoms with Crippen LogP contribution in [0.3, 0.4) is 0 Å². The second kappa shape index (κ2) is 7.58. The summed E-state index contributed by atoms with van der Waals surface area (Å²) in [4.78, 5) is 12.2. The van der Waals surface area contributed by atoms with Crippen LogP contribution in [0.4, 0.5) is 5.69 Å². The van der Waals surface area contributed by atoms with Gasteiger partial charge in [0.15, 0.2) is 0 Å². The van der Waals surface area contributed by atoms with Crippen molar-refractivity contribution in [1.29, 1.82) is 0 Å². The van der Waals surface area contributed by atoms with Crippen LogP contribution >= 0.6 is 11.8 Å². The summed E-state index contributed by atoms with van der Waals surface area (Å²) in [5, 5.41) is 7.01. The summed E-state index contributed by atoms with van der Waals surface area (Å²) in [5.41, 5.74) is 2.91. The van der Waals surface area contributed by atoms with Crippen LogP contribution in [0.1, 0.15) is 42.1 Å². The molecule has 4 heteroatoms. The second-order valence-corrected chi connectivity index (χ2v) is 6.71. The fourth-order valence-corrected chi connectivity index (χ4v) is 3.61. The Morgan fingerprint density at radius 2 is 2.30 bits per heavy atom. The lowest BCUT2D eigenvalue weighted by Crippen LogP contribution is -2.30. The van der Waals surface area contributed by atoms with Crippen molar-refractivity contribution in [1.82, 2.24) is 5.32 Å². The van der Waals surface area contributed by atoms with Crippen molar-refractivity contribution in [3.05, 3.63) is 29.3 Å². The summed E-state index contributed by atoms with van der Waals surface area (Å²) in [6.45, 7) is 5.89. The number of aryl methyl sites for hydroxylation is 1. The van der Waals surface area contributed by atoms with Gasteiger partial charge in [0.05, 0.1) is 0 Å². The van der Waals surface area contributed by atoms with Crippen molar-refractivity contribution >= 4 is 23.4 Å². The molecule has 20 heavy (non-hydrogen) atoms. The van der Waals surface area contributed by atoms with Gasteiger partial charge in [-0.15, -0.1) is 0 Å². The maximum Gasteiger partial charge on any atom is 0.251 e. The molecule has 1 atom stereocenters. The third-order valence-electron chi connectivity index (χ3n) is 3.56. The van der Waals surface area contributed by atoms with Crippen LogP contribution in [0, 0.1) is 6.92 Å². The largest absolute Gasteiger partial charge is 0.385 e. The average molecular weight is 292 g/mol. The van der Waals surface area contributed by atoms with E-state index in [2.05, 4.69) is 23.6 Å². The van der Waals surface area contributed by atoms with Gasteiger partial charge in [-0.1, -0.05) is 6.92 Å². The zero-order valence-corrected chi connectivity index (χ0v) is 13.2. The van der Waals surface area contributed by atoms with E-state index in [1.54, 1.807) is 0 Å². The minimum atomic E-state index is 0.0528. The molecule has 1 aliphatic rings. The van der Waals surface area contributed by atoms with E-state index in [0.29, 0.717) is 5.25 Å². The van der Waals surface area contributed by atoms with Gasteiger partial charge in [0, 0.05) is 29.6 Å². The summed E-state index contributed by atoms with van der Waals surface area (Å²) in [7, 11) is 0. The first-order chi connectivity index (χ1) is 9.70. The van der Waals surface area contributed by atoms with Crippen LogP contribution in [0.2, 0.25) is 0 Å². The van der Waals surface area contributed by atoms with Crippen LogP contribution in [0.5, 0.6) is 0 Å². The monoisotopic (exact) mass is 292 g/mol. The van der Waals surface area contributed by atoms with Gasteiger partial charge in [-0.05, 0) is 55.7 Å². The van der Waals surface area contributed by atoms with E-state index in [4.69, 9.17) is 0 Å². The van der Waals surface area contributed by atoms with Crippen molar-refractivity contribution < 1.29 is 4.79 Å². The molecule has 1 aromatic carbocycles. The zero-order chi connectivity index (χ0) is 14.4. The summed E-state index contributed by atoms with van der Waals surface area (Å²) < 4.78 is 0. The number of thioether (sulfide) groups is 1. The molecule has 0 radical (unpaired) electrons. The van der Waals surface area contributed by atoms with Crippen molar-refractivity contribution in [3.8, 4) is 0 Å². The smallest absolute Gasteiger partial charge is 0.251 e. The molecule has 1 heterocycles.